The number of carbonyl (C=O) groups is 1. The molecule has 0 aliphatic carbocycles. The molecule has 0 saturated carbocycles. The first-order valence-corrected chi connectivity index (χ1v) is 9.00. The highest BCUT2D eigenvalue weighted by atomic mass is 19.1. The molecule has 0 radical (unpaired) electrons. The standard InChI is InChI=1S/C21H23FN2O/c1-14(2)15-5-7-16(8-6-15)20-23-13-3-4-19(23)21(25)24(20)18-11-9-17(22)10-12-18/h5-12,14,19-20H,3-4,13H2,1-2H3. The highest BCUT2D eigenvalue weighted by molar-refractivity contribution is 6.00. The Morgan fingerprint density at radius 2 is 1.72 bits per heavy atom. The summed E-state index contributed by atoms with van der Waals surface area (Å²) in [6.45, 7) is 5.27. The van der Waals surface area contributed by atoms with Crippen LogP contribution < -0.4 is 4.90 Å². The molecule has 2 heterocycles. The van der Waals surface area contributed by atoms with E-state index >= 15 is 0 Å². The van der Waals surface area contributed by atoms with Gasteiger partial charge in [0.2, 0.25) is 5.91 Å². The fourth-order valence-corrected chi connectivity index (χ4v) is 4.04. The Hall–Kier alpha value is -2.20. The molecule has 0 N–H and O–H groups in total. The van der Waals surface area contributed by atoms with Gasteiger partial charge < -0.3 is 0 Å². The Kier molecular flexibility index (Phi) is 4.08. The van der Waals surface area contributed by atoms with Gasteiger partial charge in [-0.15, -0.1) is 0 Å². The Balaban J connectivity index is 1.75. The second-order valence-electron chi connectivity index (χ2n) is 7.28. The minimum atomic E-state index is -0.284. The van der Waals surface area contributed by atoms with Crippen LogP contribution in [0.15, 0.2) is 48.5 Å². The maximum Gasteiger partial charge on any atom is 0.246 e. The highest BCUT2D eigenvalue weighted by Gasteiger charge is 2.49. The van der Waals surface area contributed by atoms with Gasteiger partial charge in [-0.1, -0.05) is 38.1 Å². The summed E-state index contributed by atoms with van der Waals surface area (Å²) < 4.78 is 13.3. The van der Waals surface area contributed by atoms with Crippen LogP contribution in [-0.4, -0.2) is 23.4 Å². The van der Waals surface area contributed by atoms with Crippen LogP contribution in [0, 0.1) is 5.82 Å². The first-order valence-electron chi connectivity index (χ1n) is 9.00. The number of halogens is 1. The number of hydrogen-bond donors (Lipinski definition) is 0. The lowest BCUT2D eigenvalue weighted by atomic mass is 10.0. The third-order valence-corrected chi connectivity index (χ3v) is 5.38. The molecule has 2 unspecified atom stereocenters. The molecular formula is C21H23FN2O. The number of nitrogens with zero attached hydrogens (tertiary/aromatic N) is 2. The van der Waals surface area contributed by atoms with Crippen LogP contribution in [0.2, 0.25) is 0 Å². The smallest absolute Gasteiger partial charge is 0.246 e. The molecule has 2 aliphatic heterocycles. The minimum absolute atomic E-state index is 0.0557. The van der Waals surface area contributed by atoms with Crippen LogP contribution in [0.25, 0.3) is 0 Å². The van der Waals surface area contributed by atoms with Gasteiger partial charge in [0.25, 0.3) is 0 Å². The molecule has 2 atom stereocenters. The zero-order chi connectivity index (χ0) is 17.6. The largest absolute Gasteiger partial charge is 0.291 e. The lowest BCUT2D eigenvalue weighted by Gasteiger charge is -2.30. The van der Waals surface area contributed by atoms with E-state index in [1.807, 2.05) is 4.90 Å². The molecule has 2 aliphatic rings. The predicted molar refractivity (Wildman–Crippen MR) is 96.9 cm³/mol. The van der Waals surface area contributed by atoms with Crippen molar-refractivity contribution in [3.05, 3.63) is 65.5 Å². The molecule has 2 aromatic rings. The van der Waals surface area contributed by atoms with E-state index in [-0.39, 0.29) is 23.9 Å². The molecule has 2 aromatic carbocycles. The van der Waals surface area contributed by atoms with E-state index in [9.17, 15) is 9.18 Å². The van der Waals surface area contributed by atoms with Gasteiger partial charge in [0.1, 0.15) is 12.0 Å². The Morgan fingerprint density at radius 3 is 2.36 bits per heavy atom. The van der Waals surface area contributed by atoms with Crippen LogP contribution in [0.1, 0.15) is 49.9 Å². The maximum absolute atomic E-state index is 13.3. The number of rotatable bonds is 3. The molecule has 4 heteroatoms. The van der Waals surface area contributed by atoms with Crippen molar-refractivity contribution < 1.29 is 9.18 Å². The number of fused-ring (bicyclic) bond motifs is 1. The van der Waals surface area contributed by atoms with Gasteiger partial charge in [0.05, 0.1) is 6.04 Å². The average molecular weight is 338 g/mol. The minimum Gasteiger partial charge on any atom is -0.291 e. The lowest BCUT2D eigenvalue weighted by molar-refractivity contribution is -0.119. The summed E-state index contributed by atoms with van der Waals surface area (Å²) in [4.78, 5) is 17.2. The summed E-state index contributed by atoms with van der Waals surface area (Å²) in [5.41, 5.74) is 3.17. The van der Waals surface area contributed by atoms with Crippen molar-refractivity contribution in [1.29, 1.82) is 0 Å². The van der Waals surface area contributed by atoms with Crippen molar-refractivity contribution in [3.63, 3.8) is 0 Å². The summed E-state index contributed by atoms with van der Waals surface area (Å²) in [7, 11) is 0. The molecule has 4 rings (SSSR count). The summed E-state index contributed by atoms with van der Waals surface area (Å²) >= 11 is 0. The van der Waals surface area contributed by atoms with E-state index in [4.69, 9.17) is 0 Å². The van der Waals surface area contributed by atoms with Crippen molar-refractivity contribution in [2.75, 3.05) is 11.4 Å². The second-order valence-corrected chi connectivity index (χ2v) is 7.28. The molecule has 25 heavy (non-hydrogen) atoms. The summed E-state index contributed by atoms with van der Waals surface area (Å²) in [5, 5.41) is 0. The third kappa shape index (κ3) is 2.74. The molecule has 1 amide bonds. The van der Waals surface area contributed by atoms with E-state index in [1.54, 1.807) is 12.1 Å². The second kappa shape index (κ2) is 6.26. The number of carbonyl (C=O) groups excluding carboxylic acids is 1. The first-order chi connectivity index (χ1) is 12.1. The fraction of sp³-hybridized carbons (Fsp3) is 0.381. The van der Waals surface area contributed by atoms with E-state index in [1.165, 1.54) is 17.7 Å². The van der Waals surface area contributed by atoms with Gasteiger partial charge in [0, 0.05) is 12.2 Å². The van der Waals surface area contributed by atoms with Gasteiger partial charge in [-0.05, 0) is 54.2 Å². The van der Waals surface area contributed by atoms with Crippen molar-refractivity contribution in [3.8, 4) is 0 Å². The highest BCUT2D eigenvalue weighted by Crippen LogP contribution is 2.42. The summed E-state index contributed by atoms with van der Waals surface area (Å²) in [6, 6.07) is 14.7. The fourth-order valence-electron chi connectivity index (χ4n) is 4.04. The summed E-state index contributed by atoms with van der Waals surface area (Å²) in [6.07, 6.45) is 1.84. The molecule has 0 spiro atoms. The topological polar surface area (TPSA) is 23.6 Å². The van der Waals surface area contributed by atoms with Gasteiger partial charge in [-0.2, -0.15) is 0 Å². The molecule has 2 fully saturated rings. The number of benzene rings is 2. The zero-order valence-corrected chi connectivity index (χ0v) is 14.7. The van der Waals surface area contributed by atoms with E-state index in [2.05, 4.69) is 43.0 Å². The third-order valence-electron chi connectivity index (χ3n) is 5.38. The molecule has 0 aromatic heterocycles. The Labute approximate surface area is 148 Å². The van der Waals surface area contributed by atoms with Gasteiger partial charge >= 0.3 is 0 Å². The molecule has 0 bridgehead atoms. The Bertz CT molecular complexity index is 769. The number of hydrogen-bond acceptors (Lipinski definition) is 2. The van der Waals surface area contributed by atoms with E-state index in [0.29, 0.717) is 5.92 Å². The van der Waals surface area contributed by atoms with E-state index < -0.39 is 0 Å². The van der Waals surface area contributed by atoms with Crippen LogP contribution in [-0.2, 0) is 4.79 Å². The van der Waals surface area contributed by atoms with Crippen LogP contribution in [0.5, 0.6) is 0 Å². The predicted octanol–water partition coefficient (Wildman–Crippen LogP) is 4.46. The number of anilines is 1. The van der Waals surface area contributed by atoms with Crippen molar-refractivity contribution in [2.24, 2.45) is 0 Å². The van der Waals surface area contributed by atoms with Crippen molar-refractivity contribution in [2.45, 2.75) is 44.8 Å². The van der Waals surface area contributed by atoms with Crippen molar-refractivity contribution >= 4 is 11.6 Å². The molecular weight excluding hydrogens is 315 g/mol. The monoisotopic (exact) mass is 338 g/mol. The summed E-state index contributed by atoms with van der Waals surface area (Å²) in [5.74, 6) is 0.322. The number of amides is 1. The Morgan fingerprint density at radius 1 is 1.04 bits per heavy atom. The van der Waals surface area contributed by atoms with Crippen LogP contribution >= 0.6 is 0 Å². The van der Waals surface area contributed by atoms with Crippen molar-refractivity contribution in [1.82, 2.24) is 4.90 Å². The van der Waals surface area contributed by atoms with E-state index in [0.717, 1.165) is 30.6 Å². The first kappa shape index (κ1) is 16.3. The van der Waals surface area contributed by atoms with Crippen LogP contribution in [0.3, 0.4) is 0 Å². The van der Waals surface area contributed by atoms with Gasteiger partial charge in [-0.3, -0.25) is 14.6 Å². The SMILES string of the molecule is CC(C)c1ccc(C2N(c3ccc(F)cc3)C(=O)C3CCCN32)cc1. The lowest BCUT2D eigenvalue weighted by Crippen LogP contribution is -2.32. The van der Waals surface area contributed by atoms with Crippen LogP contribution in [0.4, 0.5) is 10.1 Å². The molecule has 3 nitrogen and oxygen atoms in total. The maximum atomic E-state index is 13.3. The quantitative estimate of drug-likeness (QED) is 0.825. The molecule has 130 valence electrons. The average Bonchev–Trinajstić information content (AvgIpc) is 3.18. The van der Waals surface area contributed by atoms with Gasteiger partial charge in [0.15, 0.2) is 0 Å². The normalized spacial score (nSPS) is 23.5. The molecule has 2 saturated heterocycles. The zero-order valence-electron chi connectivity index (χ0n) is 14.7. The van der Waals surface area contributed by atoms with Gasteiger partial charge in [-0.25, -0.2) is 4.39 Å².